The number of nitrogens with one attached hydrogen (secondary N) is 1. The van der Waals surface area contributed by atoms with Crippen molar-refractivity contribution in [3.63, 3.8) is 0 Å². The lowest BCUT2D eigenvalue weighted by Crippen LogP contribution is -2.41. The number of rotatable bonds is 3. The predicted octanol–water partition coefficient (Wildman–Crippen LogP) is 4.77. The molecule has 1 aliphatic heterocycles. The lowest BCUT2D eigenvalue weighted by Gasteiger charge is -2.33. The van der Waals surface area contributed by atoms with Gasteiger partial charge in [-0.25, -0.2) is 4.98 Å². The number of carbonyl (C=O) groups is 1. The molecule has 3 heterocycles. The van der Waals surface area contributed by atoms with E-state index in [1.54, 1.807) is 11.3 Å². The monoisotopic (exact) mass is 365 g/mol. The molecular formula is C21H23N3OS. The topological polar surface area (TPSA) is 45.2 Å². The van der Waals surface area contributed by atoms with Gasteiger partial charge in [0.05, 0.1) is 5.92 Å². The zero-order valence-electron chi connectivity index (χ0n) is 15.2. The molecule has 4 rings (SSSR count). The summed E-state index contributed by atoms with van der Waals surface area (Å²) in [5, 5.41) is 6.39. The van der Waals surface area contributed by atoms with Gasteiger partial charge in [0, 0.05) is 35.1 Å². The van der Waals surface area contributed by atoms with Crippen LogP contribution in [0.15, 0.2) is 41.9 Å². The Balaban J connectivity index is 1.50. The summed E-state index contributed by atoms with van der Waals surface area (Å²) in [6, 6.07) is 10.3. The van der Waals surface area contributed by atoms with Crippen molar-refractivity contribution in [2.75, 3.05) is 23.3 Å². The van der Waals surface area contributed by atoms with Crippen LogP contribution in [0.25, 0.3) is 10.1 Å². The average molecular weight is 366 g/mol. The number of anilines is 2. The summed E-state index contributed by atoms with van der Waals surface area (Å²) in [7, 11) is 0. The largest absolute Gasteiger partial charge is 0.355 e. The van der Waals surface area contributed by atoms with Crippen molar-refractivity contribution in [2.24, 2.45) is 5.92 Å². The average Bonchev–Trinajstić information content (AvgIpc) is 3.13. The van der Waals surface area contributed by atoms with Gasteiger partial charge in [-0.2, -0.15) is 0 Å². The molecule has 1 aliphatic rings. The standard InChI is InChI=1S/C21H23N3OS/c1-14-5-6-17(12-15(14)2)23-21(25)16-4-3-10-24(13-16)20-18-8-11-26-19(18)7-9-22-20/h5-9,11-12,16H,3-4,10,13H2,1-2H3,(H,23,25)/t16-/m1/s1. The summed E-state index contributed by atoms with van der Waals surface area (Å²) in [4.78, 5) is 19.7. The molecule has 0 aliphatic carbocycles. The predicted molar refractivity (Wildman–Crippen MR) is 109 cm³/mol. The molecular weight excluding hydrogens is 342 g/mol. The molecule has 1 amide bonds. The molecule has 5 heteroatoms. The minimum atomic E-state index is -0.0129. The van der Waals surface area contributed by atoms with E-state index in [1.165, 1.54) is 21.2 Å². The molecule has 1 saturated heterocycles. The van der Waals surface area contributed by atoms with Crippen molar-refractivity contribution in [3.05, 3.63) is 53.0 Å². The van der Waals surface area contributed by atoms with Crippen molar-refractivity contribution in [2.45, 2.75) is 26.7 Å². The highest BCUT2D eigenvalue weighted by Gasteiger charge is 2.27. The molecule has 1 atom stereocenters. The van der Waals surface area contributed by atoms with Gasteiger partial charge in [0.15, 0.2) is 0 Å². The SMILES string of the molecule is Cc1ccc(NC(=O)[C@@H]2CCCN(c3nccc4sccc34)C2)cc1C. The van der Waals surface area contributed by atoms with E-state index in [0.29, 0.717) is 0 Å². The van der Waals surface area contributed by atoms with E-state index in [9.17, 15) is 4.79 Å². The van der Waals surface area contributed by atoms with Crippen molar-refractivity contribution >= 4 is 38.8 Å². The van der Waals surface area contributed by atoms with Gasteiger partial charge in [0.1, 0.15) is 5.82 Å². The maximum Gasteiger partial charge on any atom is 0.229 e. The van der Waals surface area contributed by atoms with Gasteiger partial charge in [-0.3, -0.25) is 4.79 Å². The van der Waals surface area contributed by atoms with Gasteiger partial charge in [0.2, 0.25) is 5.91 Å². The first kappa shape index (κ1) is 17.0. The van der Waals surface area contributed by atoms with E-state index in [1.807, 2.05) is 18.3 Å². The van der Waals surface area contributed by atoms with Crippen LogP contribution < -0.4 is 10.2 Å². The number of carbonyl (C=O) groups excluding carboxylic acids is 1. The number of pyridine rings is 1. The number of nitrogens with zero attached hydrogens (tertiary/aromatic N) is 2. The van der Waals surface area contributed by atoms with E-state index in [0.717, 1.165) is 37.4 Å². The van der Waals surface area contributed by atoms with Crippen molar-refractivity contribution in [3.8, 4) is 0 Å². The molecule has 134 valence electrons. The number of hydrogen-bond donors (Lipinski definition) is 1. The van der Waals surface area contributed by atoms with E-state index >= 15 is 0 Å². The zero-order chi connectivity index (χ0) is 18.1. The van der Waals surface area contributed by atoms with Gasteiger partial charge in [-0.05, 0) is 67.5 Å². The Morgan fingerprint density at radius 2 is 2.12 bits per heavy atom. The number of aryl methyl sites for hydroxylation is 2. The van der Waals surface area contributed by atoms with Crippen LogP contribution in [0.4, 0.5) is 11.5 Å². The zero-order valence-corrected chi connectivity index (χ0v) is 16.0. The van der Waals surface area contributed by atoms with Crippen LogP contribution in [-0.2, 0) is 4.79 Å². The normalized spacial score (nSPS) is 17.5. The Kier molecular flexibility index (Phi) is 4.64. The van der Waals surface area contributed by atoms with Crippen LogP contribution in [0.2, 0.25) is 0 Å². The second-order valence-corrected chi connectivity index (χ2v) is 7.99. The molecule has 1 fully saturated rings. The number of benzene rings is 1. The highest BCUT2D eigenvalue weighted by Crippen LogP contribution is 2.31. The first-order valence-corrected chi connectivity index (χ1v) is 9.95. The summed E-state index contributed by atoms with van der Waals surface area (Å²) < 4.78 is 1.25. The number of amides is 1. The van der Waals surface area contributed by atoms with E-state index in [2.05, 4.69) is 52.6 Å². The molecule has 0 unspecified atom stereocenters. The third-order valence-electron chi connectivity index (χ3n) is 5.22. The van der Waals surface area contributed by atoms with Gasteiger partial charge in [0.25, 0.3) is 0 Å². The molecule has 0 radical (unpaired) electrons. The molecule has 0 saturated carbocycles. The van der Waals surface area contributed by atoms with Crippen LogP contribution in [0.3, 0.4) is 0 Å². The molecule has 1 N–H and O–H groups in total. The Bertz CT molecular complexity index is 949. The molecule has 0 bridgehead atoms. The Hall–Kier alpha value is -2.40. The first-order chi connectivity index (χ1) is 12.6. The summed E-state index contributed by atoms with van der Waals surface area (Å²) in [5.41, 5.74) is 3.32. The van der Waals surface area contributed by atoms with E-state index < -0.39 is 0 Å². The van der Waals surface area contributed by atoms with Crippen LogP contribution in [0.1, 0.15) is 24.0 Å². The molecule has 26 heavy (non-hydrogen) atoms. The highest BCUT2D eigenvalue weighted by molar-refractivity contribution is 7.17. The fourth-order valence-electron chi connectivity index (χ4n) is 3.58. The maximum atomic E-state index is 12.8. The first-order valence-electron chi connectivity index (χ1n) is 9.07. The maximum absolute atomic E-state index is 12.8. The summed E-state index contributed by atoms with van der Waals surface area (Å²) in [6.07, 6.45) is 3.80. The van der Waals surface area contributed by atoms with E-state index in [-0.39, 0.29) is 11.8 Å². The summed E-state index contributed by atoms with van der Waals surface area (Å²) in [6.45, 7) is 5.83. The third kappa shape index (κ3) is 3.31. The third-order valence-corrected chi connectivity index (χ3v) is 6.11. The van der Waals surface area contributed by atoms with Gasteiger partial charge in [-0.1, -0.05) is 6.07 Å². The number of aromatic nitrogens is 1. The van der Waals surface area contributed by atoms with Crippen LogP contribution in [0.5, 0.6) is 0 Å². The summed E-state index contributed by atoms with van der Waals surface area (Å²) in [5.74, 6) is 1.10. The second-order valence-electron chi connectivity index (χ2n) is 7.04. The minimum Gasteiger partial charge on any atom is -0.355 e. The van der Waals surface area contributed by atoms with Crippen molar-refractivity contribution in [1.29, 1.82) is 0 Å². The highest BCUT2D eigenvalue weighted by atomic mass is 32.1. The van der Waals surface area contributed by atoms with E-state index in [4.69, 9.17) is 0 Å². The van der Waals surface area contributed by atoms with Crippen LogP contribution in [-0.4, -0.2) is 24.0 Å². The van der Waals surface area contributed by atoms with Crippen LogP contribution in [0, 0.1) is 19.8 Å². The lowest BCUT2D eigenvalue weighted by molar-refractivity contribution is -0.120. The Morgan fingerprint density at radius 3 is 2.96 bits per heavy atom. The van der Waals surface area contributed by atoms with Crippen molar-refractivity contribution in [1.82, 2.24) is 4.98 Å². The number of hydrogen-bond acceptors (Lipinski definition) is 4. The smallest absolute Gasteiger partial charge is 0.229 e. The number of piperidine rings is 1. The van der Waals surface area contributed by atoms with Crippen molar-refractivity contribution < 1.29 is 4.79 Å². The second kappa shape index (κ2) is 7.08. The Labute approximate surface area is 157 Å². The lowest BCUT2D eigenvalue weighted by atomic mass is 9.96. The van der Waals surface area contributed by atoms with Gasteiger partial charge >= 0.3 is 0 Å². The quantitative estimate of drug-likeness (QED) is 0.727. The molecule has 1 aromatic carbocycles. The molecule has 0 spiro atoms. The fourth-order valence-corrected chi connectivity index (χ4v) is 4.36. The van der Waals surface area contributed by atoms with Gasteiger partial charge in [-0.15, -0.1) is 11.3 Å². The molecule has 4 nitrogen and oxygen atoms in total. The Morgan fingerprint density at radius 1 is 1.23 bits per heavy atom. The van der Waals surface area contributed by atoms with Crippen LogP contribution >= 0.6 is 11.3 Å². The molecule has 3 aromatic rings. The summed E-state index contributed by atoms with van der Waals surface area (Å²) >= 11 is 1.73. The molecule has 2 aromatic heterocycles. The van der Waals surface area contributed by atoms with Gasteiger partial charge < -0.3 is 10.2 Å². The number of thiophene rings is 1. The fraction of sp³-hybridized carbons (Fsp3) is 0.333. The minimum absolute atomic E-state index is 0.0129. The number of fused-ring (bicyclic) bond motifs is 1.